The van der Waals surface area contributed by atoms with Crippen LogP contribution in [0.4, 0.5) is 0 Å². The Balaban J connectivity index is 2.04. The molecule has 1 atom stereocenters. The predicted octanol–water partition coefficient (Wildman–Crippen LogP) is 3.67. The highest BCUT2D eigenvalue weighted by molar-refractivity contribution is 5.95. The van der Waals surface area contributed by atoms with Gasteiger partial charge in [-0.2, -0.15) is 0 Å². The van der Waals surface area contributed by atoms with Gasteiger partial charge >= 0.3 is 0 Å². The highest BCUT2D eigenvalue weighted by Gasteiger charge is 2.23. The van der Waals surface area contributed by atoms with Crippen LogP contribution in [0, 0.1) is 10.1 Å². The minimum Gasteiger partial charge on any atom is -0.294 e. The van der Waals surface area contributed by atoms with Gasteiger partial charge in [-0.25, -0.2) is 0 Å². The lowest BCUT2D eigenvalue weighted by Gasteiger charge is -2.09. The van der Waals surface area contributed by atoms with Crippen LogP contribution in [0.5, 0.6) is 0 Å². The van der Waals surface area contributed by atoms with E-state index in [4.69, 9.17) is 0 Å². The molecule has 0 aliphatic rings. The van der Waals surface area contributed by atoms with Gasteiger partial charge in [0.1, 0.15) is 0 Å². The summed E-state index contributed by atoms with van der Waals surface area (Å²) in [5.74, 6) is -0.0617. The van der Waals surface area contributed by atoms with Gasteiger partial charge in [-0.05, 0) is 0 Å². The van der Waals surface area contributed by atoms with Crippen LogP contribution in [0.1, 0.15) is 34.8 Å². The van der Waals surface area contributed by atoms with Crippen molar-refractivity contribution in [1.82, 2.24) is 0 Å². The summed E-state index contributed by atoms with van der Waals surface area (Å²) in [6.45, 7) is 0. The van der Waals surface area contributed by atoms with E-state index in [1.54, 1.807) is 48.5 Å². The zero-order chi connectivity index (χ0) is 14.4. The summed E-state index contributed by atoms with van der Waals surface area (Å²) in [6.07, 6.45) is 0.384. The highest BCUT2D eigenvalue weighted by atomic mass is 16.6. The number of benzene rings is 2. The van der Waals surface area contributed by atoms with E-state index in [-0.39, 0.29) is 23.5 Å². The molecule has 1 unspecified atom stereocenters. The lowest BCUT2D eigenvalue weighted by atomic mass is 9.99. The van der Waals surface area contributed by atoms with Crippen molar-refractivity contribution in [2.24, 2.45) is 0 Å². The third-order valence-electron chi connectivity index (χ3n) is 3.18. The van der Waals surface area contributed by atoms with Crippen LogP contribution in [-0.2, 0) is 0 Å². The van der Waals surface area contributed by atoms with Gasteiger partial charge in [-0.1, -0.05) is 60.7 Å². The fourth-order valence-corrected chi connectivity index (χ4v) is 2.11. The lowest BCUT2D eigenvalue weighted by molar-refractivity contribution is -0.529. The largest absolute Gasteiger partial charge is 0.294 e. The third kappa shape index (κ3) is 3.51. The van der Waals surface area contributed by atoms with Crippen molar-refractivity contribution in [3.8, 4) is 0 Å². The molecule has 0 saturated heterocycles. The Labute approximate surface area is 117 Å². The third-order valence-corrected chi connectivity index (χ3v) is 3.18. The Kier molecular flexibility index (Phi) is 4.60. The number of nitro groups is 1. The Morgan fingerprint density at radius 2 is 1.55 bits per heavy atom. The number of hydrogen-bond acceptors (Lipinski definition) is 3. The summed E-state index contributed by atoms with van der Waals surface area (Å²) in [4.78, 5) is 22.8. The molecule has 0 saturated carbocycles. The first-order valence-electron chi connectivity index (χ1n) is 6.45. The molecule has 2 rings (SSSR count). The van der Waals surface area contributed by atoms with E-state index in [9.17, 15) is 14.9 Å². The number of carbonyl (C=O) groups excluding carboxylic acids is 1. The summed E-state index contributed by atoms with van der Waals surface area (Å²) >= 11 is 0. The monoisotopic (exact) mass is 269 g/mol. The molecule has 0 amide bonds. The maximum absolute atomic E-state index is 12.0. The summed E-state index contributed by atoms with van der Waals surface area (Å²) in [5, 5.41) is 11.1. The zero-order valence-electron chi connectivity index (χ0n) is 10.9. The van der Waals surface area contributed by atoms with Gasteiger partial charge in [-0.15, -0.1) is 0 Å². The van der Waals surface area contributed by atoms with Crippen LogP contribution in [-0.4, -0.2) is 10.7 Å². The van der Waals surface area contributed by atoms with Crippen LogP contribution in [0.2, 0.25) is 0 Å². The molecule has 0 aliphatic carbocycles. The number of rotatable bonds is 6. The van der Waals surface area contributed by atoms with Crippen molar-refractivity contribution in [1.29, 1.82) is 0 Å². The van der Waals surface area contributed by atoms with Gasteiger partial charge in [0.2, 0.25) is 6.04 Å². The molecule has 0 aromatic heterocycles. The lowest BCUT2D eigenvalue weighted by Crippen LogP contribution is -2.12. The summed E-state index contributed by atoms with van der Waals surface area (Å²) in [7, 11) is 0. The molecule has 102 valence electrons. The normalized spacial score (nSPS) is 11.8. The molecule has 2 aromatic carbocycles. The van der Waals surface area contributed by atoms with Crippen molar-refractivity contribution < 1.29 is 9.72 Å². The van der Waals surface area contributed by atoms with Crippen molar-refractivity contribution in [2.45, 2.75) is 18.9 Å². The fraction of sp³-hybridized carbons (Fsp3) is 0.188. The molecule has 0 spiro atoms. The van der Waals surface area contributed by atoms with Gasteiger partial charge in [0.05, 0.1) is 0 Å². The van der Waals surface area contributed by atoms with E-state index in [0.29, 0.717) is 11.1 Å². The summed E-state index contributed by atoms with van der Waals surface area (Å²) < 4.78 is 0. The number of nitrogens with zero attached hydrogens (tertiary/aromatic N) is 1. The SMILES string of the molecule is O=C(CCC(c1ccccc1)[N+](=O)[O-])c1ccccc1. The number of carbonyl (C=O) groups is 1. The van der Waals surface area contributed by atoms with Crippen molar-refractivity contribution in [3.63, 3.8) is 0 Å². The predicted molar refractivity (Wildman–Crippen MR) is 76.2 cm³/mol. The number of Topliss-reactive ketones (excluding diaryl/α,β-unsaturated/α-hetero) is 1. The van der Waals surface area contributed by atoms with E-state index < -0.39 is 6.04 Å². The van der Waals surface area contributed by atoms with Gasteiger partial charge in [0, 0.05) is 28.9 Å². The highest BCUT2D eigenvalue weighted by Crippen LogP contribution is 2.22. The zero-order valence-corrected chi connectivity index (χ0v) is 10.9. The smallest absolute Gasteiger partial charge is 0.238 e. The van der Waals surface area contributed by atoms with Gasteiger partial charge in [0.25, 0.3) is 0 Å². The van der Waals surface area contributed by atoms with Crippen LogP contribution in [0.3, 0.4) is 0 Å². The number of ketones is 1. The summed E-state index contributed by atoms with van der Waals surface area (Å²) in [5.41, 5.74) is 1.24. The molecule has 0 heterocycles. The molecule has 0 radical (unpaired) electrons. The second-order valence-corrected chi connectivity index (χ2v) is 4.54. The molecule has 0 bridgehead atoms. The van der Waals surface area contributed by atoms with Gasteiger partial charge in [-0.3, -0.25) is 14.9 Å². The van der Waals surface area contributed by atoms with Crippen LogP contribution in [0.15, 0.2) is 60.7 Å². The Morgan fingerprint density at radius 1 is 1.00 bits per heavy atom. The van der Waals surface area contributed by atoms with Gasteiger partial charge < -0.3 is 0 Å². The molecule has 20 heavy (non-hydrogen) atoms. The quantitative estimate of drug-likeness (QED) is 0.456. The second kappa shape index (κ2) is 6.61. The molecular weight excluding hydrogens is 254 g/mol. The molecule has 2 aromatic rings. The fourth-order valence-electron chi connectivity index (χ4n) is 2.11. The standard InChI is InChI=1S/C16H15NO3/c18-16(14-9-5-2-6-10-14)12-11-15(17(19)20)13-7-3-1-4-8-13/h1-10,15H,11-12H2. The molecule has 0 N–H and O–H groups in total. The van der Waals surface area contributed by atoms with Crippen LogP contribution < -0.4 is 0 Å². The average molecular weight is 269 g/mol. The Morgan fingerprint density at radius 3 is 2.10 bits per heavy atom. The Hall–Kier alpha value is -2.49. The van der Waals surface area contributed by atoms with Crippen molar-refractivity contribution in [2.75, 3.05) is 0 Å². The minimum atomic E-state index is -0.830. The minimum absolute atomic E-state index is 0.0617. The first-order chi connectivity index (χ1) is 9.68. The van der Waals surface area contributed by atoms with Crippen molar-refractivity contribution >= 4 is 5.78 Å². The average Bonchev–Trinajstić information content (AvgIpc) is 2.49. The van der Waals surface area contributed by atoms with Crippen molar-refractivity contribution in [3.05, 3.63) is 81.9 Å². The van der Waals surface area contributed by atoms with Gasteiger partial charge in [0.15, 0.2) is 5.78 Å². The molecule has 0 fully saturated rings. The molecule has 4 heteroatoms. The number of hydrogen-bond donors (Lipinski definition) is 0. The first kappa shape index (κ1) is 13.9. The first-order valence-corrected chi connectivity index (χ1v) is 6.45. The second-order valence-electron chi connectivity index (χ2n) is 4.54. The van der Waals surface area contributed by atoms with Crippen LogP contribution >= 0.6 is 0 Å². The van der Waals surface area contributed by atoms with E-state index in [1.165, 1.54) is 0 Å². The maximum atomic E-state index is 12.0. The molecule has 4 nitrogen and oxygen atoms in total. The van der Waals surface area contributed by atoms with E-state index in [2.05, 4.69) is 0 Å². The Bertz CT molecular complexity index is 581. The van der Waals surface area contributed by atoms with E-state index in [0.717, 1.165) is 0 Å². The van der Waals surface area contributed by atoms with Crippen LogP contribution in [0.25, 0.3) is 0 Å². The van der Waals surface area contributed by atoms with E-state index in [1.807, 2.05) is 12.1 Å². The topological polar surface area (TPSA) is 60.2 Å². The van der Waals surface area contributed by atoms with E-state index >= 15 is 0 Å². The molecular formula is C16H15NO3. The molecule has 0 aliphatic heterocycles. The maximum Gasteiger partial charge on any atom is 0.238 e. The summed E-state index contributed by atoms with van der Waals surface area (Å²) in [6, 6.07) is 16.8.